The van der Waals surface area contributed by atoms with E-state index in [0.29, 0.717) is 0 Å². The monoisotopic (exact) mass is 788 g/mol. The van der Waals surface area contributed by atoms with E-state index < -0.39 is 108 Å². The van der Waals surface area contributed by atoms with Gasteiger partial charge in [-0.1, -0.05) is 0 Å². The van der Waals surface area contributed by atoms with Crippen LogP contribution in [0.1, 0.15) is 0 Å². The van der Waals surface area contributed by atoms with Crippen molar-refractivity contribution < 1.29 is 132 Å². The number of allylic oxidation sites excluding steroid dienone is 2. The molecular weight excluding hydrogens is 784 g/mol. The first-order valence-corrected chi connectivity index (χ1v) is 10.1. The van der Waals surface area contributed by atoms with Crippen molar-refractivity contribution in [2.75, 3.05) is 13.2 Å². The van der Waals surface area contributed by atoms with E-state index in [-0.39, 0.29) is 0 Å². The number of rotatable bonds is 11. The first-order chi connectivity index (χ1) is 20.5. The standard InChI is InChI=1S/C16H4F28N2O2/c17-5(45(15(39,40)41)13(35,36)11(29,30)31)3(9(23,24)25)47-1-7(19,20)8(21,22)2-48-4(10(26,27)28)6(18)46(16(42,43)44)14(37,38)12(32,33)34/h1-2H2. The molecule has 286 valence electrons. The summed E-state index contributed by atoms with van der Waals surface area (Å²) in [5, 5.41) is 0. The molecule has 0 aromatic heterocycles. The lowest BCUT2D eigenvalue weighted by Gasteiger charge is -2.35. The van der Waals surface area contributed by atoms with Crippen LogP contribution in [-0.2, 0) is 9.47 Å². The van der Waals surface area contributed by atoms with Crippen LogP contribution >= 0.6 is 0 Å². The first-order valence-electron chi connectivity index (χ1n) is 10.1. The lowest BCUT2D eigenvalue weighted by atomic mass is 10.2. The van der Waals surface area contributed by atoms with E-state index in [0.717, 1.165) is 0 Å². The van der Waals surface area contributed by atoms with E-state index in [9.17, 15) is 123 Å². The lowest BCUT2D eigenvalue weighted by molar-refractivity contribution is -0.405. The maximum absolute atomic E-state index is 13.8. The Balaban J connectivity index is 6.94. The summed E-state index contributed by atoms with van der Waals surface area (Å²) < 4.78 is 368. The molecule has 0 aliphatic heterocycles. The van der Waals surface area contributed by atoms with Gasteiger partial charge in [0.15, 0.2) is 13.2 Å². The van der Waals surface area contributed by atoms with Gasteiger partial charge in [-0.3, -0.25) is 0 Å². The average molecular weight is 788 g/mol. The van der Waals surface area contributed by atoms with E-state index in [2.05, 4.69) is 9.47 Å². The molecule has 0 heterocycles. The zero-order chi connectivity index (χ0) is 39.3. The van der Waals surface area contributed by atoms with Crippen molar-refractivity contribution in [2.24, 2.45) is 0 Å². The highest BCUT2D eigenvalue weighted by Gasteiger charge is 2.72. The van der Waals surface area contributed by atoms with E-state index in [1.54, 1.807) is 0 Å². The molecule has 0 bridgehead atoms. The summed E-state index contributed by atoms with van der Waals surface area (Å²) in [6.45, 7) is -8.33. The highest BCUT2D eigenvalue weighted by atomic mass is 19.4. The van der Waals surface area contributed by atoms with E-state index in [1.807, 2.05) is 0 Å². The Labute approximate surface area is 241 Å². The zero-order valence-electron chi connectivity index (χ0n) is 20.7. The molecule has 4 nitrogen and oxygen atoms in total. The quantitative estimate of drug-likeness (QED) is 0.118. The molecule has 0 spiro atoms. The molecule has 0 aliphatic carbocycles. The maximum Gasteiger partial charge on any atom is 0.491 e. The molecule has 0 rings (SSSR count). The average Bonchev–Trinajstić information content (AvgIpc) is 2.73. The van der Waals surface area contributed by atoms with Crippen LogP contribution in [0.4, 0.5) is 123 Å². The van der Waals surface area contributed by atoms with Gasteiger partial charge in [0.1, 0.15) is 0 Å². The van der Waals surface area contributed by atoms with Crippen LogP contribution in [-0.4, -0.2) is 84.3 Å². The highest BCUT2D eigenvalue weighted by molar-refractivity contribution is 5.11. The fourth-order valence-corrected chi connectivity index (χ4v) is 2.30. The topological polar surface area (TPSA) is 24.9 Å². The van der Waals surface area contributed by atoms with Gasteiger partial charge >= 0.3 is 61.2 Å². The minimum atomic E-state index is -7.78. The van der Waals surface area contributed by atoms with Crippen LogP contribution in [0.25, 0.3) is 0 Å². The van der Waals surface area contributed by atoms with Crippen molar-refractivity contribution in [3.8, 4) is 0 Å². The predicted octanol–water partition coefficient (Wildman–Crippen LogP) is 9.65. The zero-order valence-corrected chi connectivity index (χ0v) is 20.7. The first kappa shape index (κ1) is 44.7. The summed E-state index contributed by atoms with van der Waals surface area (Å²) in [6, 6.07) is -15.6. The summed E-state index contributed by atoms with van der Waals surface area (Å²) >= 11 is 0. The molecule has 0 fully saturated rings. The molecule has 0 aromatic carbocycles. The van der Waals surface area contributed by atoms with Gasteiger partial charge in [0.25, 0.3) is 11.5 Å². The van der Waals surface area contributed by atoms with Crippen molar-refractivity contribution >= 4 is 0 Å². The fourth-order valence-electron chi connectivity index (χ4n) is 2.30. The molecule has 0 N–H and O–H groups in total. The Bertz CT molecular complexity index is 1080. The molecule has 0 amide bonds. The van der Waals surface area contributed by atoms with Crippen LogP contribution in [0.2, 0.25) is 0 Å². The molecule has 0 radical (unpaired) electrons. The van der Waals surface area contributed by atoms with Gasteiger partial charge < -0.3 is 9.47 Å². The van der Waals surface area contributed by atoms with Gasteiger partial charge in [0, 0.05) is 0 Å². The summed E-state index contributed by atoms with van der Waals surface area (Å²) in [6.07, 6.45) is -45.1. The summed E-state index contributed by atoms with van der Waals surface area (Å²) in [7, 11) is 0. The number of ether oxygens (including phenoxy) is 2. The Kier molecular flexibility index (Phi) is 12.0. The van der Waals surface area contributed by atoms with Gasteiger partial charge in [-0.2, -0.15) is 106 Å². The number of hydrogen-bond donors (Lipinski definition) is 0. The number of halogens is 28. The molecule has 0 aromatic rings. The van der Waals surface area contributed by atoms with Gasteiger partial charge in [-0.05, 0) is 0 Å². The lowest BCUT2D eigenvalue weighted by Crippen LogP contribution is -2.57. The van der Waals surface area contributed by atoms with Gasteiger partial charge in [0.05, 0.1) is 0 Å². The van der Waals surface area contributed by atoms with Gasteiger partial charge in [-0.25, -0.2) is 0 Å². The normalized spacial score (nSPS) is 16.3. The number of nitrogens with zero attached hydrogens (tertiary/aromatic N) is 2. The summed E-state index contributed by atoms with van der Waals surface area (Å²) in [5.74, 6) is -33.3. The molecule has 0 atom stereocenters. The third kappa shape index (κ3) is 9.66. The number of hydrogen-bond acceptors (Lipinski definition) is 4. The third-order valence-corrected chi connectivity index (χ3v) is 4.36. The fraction of sp³-hybridized carbons (Fsp3) is 0.750. The molecule has 0 saturated carbocycles. The molecule has 48 heavy (non-hydrogen) atoms. The van der Waals surface area contributed by atoms with E-state index in [4.69, 9.17) is 0 Å². The second kappa shape index (κ2) is 12.9. The molecular formula is C16H4F28N2O2. The van der Waals surface area contributed by atoms with Crippen LogP contribution in [0.15, 0.2) is 23.4 Å². The Morgan fingerprint density at radius 2 is 0.583 bits per heavy atom. The second-order valence-electron chi connectivity index (χ2n) is 7.91. The Hall–Kier alpha value is -3.28. The van der Waals surface area contributed by atoms with Crippen LogP contribution in [0, 0.1) is 0 Å². The number of alkyl halides is 26. The van der Waals surface area contributed by atoms with Gasteiger partial charge in [-0.15, -0.1) is 26.3 Å². The smallest absolute Gasteiger partial charge is 0.479 e. The molecule has 0 unspecified atom stereocenters. The minimum absolute atomic E-state index is 2.45. The van der Waals surface area contributed by atoms with E-state index >= 15 is 0 Å². The minimum Gasteiger partial charge on any atom is -0.479 e. The van der Waals surface area contributed by atoms with E-state index in [1.165, 1.54) is 0 Å². The Morgan fingerprint density at radius 1 is 0.375 bits per heavy atom. The van der Waals surface area contributed by atoms with Crippen molar-refractivity contribution in [3.05, 3.63) is 23.4 Å². The molecule has 32 heteroatoms. The van der Waals surface area contributed by atoms with Crippen molar-refractivity contribution in [3.63, 3.8) is 0 Å². The summed E-state index contributed by atoms with van der Waals surface area (Å²) in [5.41, 5.74) is 0. The summed E-state index contributed by atoms with van der Waals surface area (Å²) in [4.78, 5) is -8.15. The van der Waals surface area contributed by atoms with Gasteiger partial charge in [0.2, 0.25) is 11.9 Å². The molecule has 0 saturated heterocycles. The second-order valence-corrected chi connectivity index (χ2v) is 7.91. The predicted molar refractivity (Wildman–Crippen MR) is 88.0 cm³/mol. The molecule has 0 aliphatic rings. The van der Waals surface area contributed by atoms with Crippen molar-refractivity contribution in [1.82, 2.24) is 9.80 Å². The Morgan fingerprint density at radius 3 is 0.729 bits per heavy atom. The largest absolute Gasteiger partial charge is 0.491 e. The SMILES string of the molecule is FC(=C(OCC(F)(F)C(F)(F)COC(=C(F)N(C(F)(F)F)C(F)(F)C(F)(F)F)C(F)(F)F)C(F)(F)F)N(C(F)(F)F)C(F)(F)C(F)(F)F. The van der Waals surface area contributed by atoms with Crippen LogP contribution in [0.5, 0.6) is 0 Å². The maximum atomic E-state index is 13.8. The van der Waals surface area contributed by atoms with Crippen LogP contribution < -0.4 is 0 Å². The van der Waals surface area contributed by atoms with Crippen molar-refractivity contribution in [2.45, 2.75) is 61.2 Å². The van der Waals surface area contributed by atoms with Crippen LogP contribution in [0.3, 0.4) is 0 Å². The van der Waals surface area contributed by atoms with Crippen molar-refractivity contribution in [1.29, 1.82) is 0 Å². The third-order valence-electron chi connectivity index (χ3n) is 4.36. The highest BCUT2D eigenvalue weighted by Crippen LogP contribution is 2.50.